The van der Waals surface area contributed by atoms with Crippen molar-refractivity contribution < 1.29 is 0 Å². The van der Waals surface area contributed by atoms with Gasteiger partial charge in [0.1, 0.15) is 0 Å². The van der Waals surface area contributed by atoms with Gasteiger partial charge in [-0.1, -0.05) is 23.2 Å². The van der Waals surface area contributed by atoms with Crippen LogP contribution in [0.5, 0.6) is 0 Å². The highest BCUT2D eigenvalue weighted by molar-refractivity contribution is 6.34. The Hall–Kier alpha value is -0.280. The van der Waals surface area contributed by atoms with Gasteiger partial charge in [-0.05, 0) is 30.8 Å². The Morgan fingerprint density at radius 2 is 1.85 bits per heavy atom. The highest BCUT2D eigenvalue weighted by Crippen LogP contribution is 2.22. The molecule has 0 radical (unpaired) electrons. The van der Waals surface area contributed by atoms with E-state index >= 15 is 0 Å². The van der Waals surface area contributed by atoms with Gasteiger partial charge in [0.05, 0.1) is 0 Å². The molecule has 0 aromatic heterocycles. The molecule has 0 saturated carbocycles. The van der Waals surface area contributed by atoms with Crippen LogP contribution >= 0.6 is 23.2 Å². The van der Waals surface area contributed by atoms with E-state index < -0.39 is 0 Å². The molecule has 0 aliphatic heterocycles. The summed E-state index contributed by atoms with van der Waals surface area (Å²) in [5.74, 6) is 0. The monoisotopic (exact) mass is 218 g/mol. The van der Waals surface area contributed by atoms with Crippen molar-refractivity contribution in [2.75, 3.05) is 13.6 Å². The van der Waals surface area contributed by atoms with E-state index in [2.05, 4.69) is 5.32 Å². The van der Waals surface area contributed by atoms with E-state index in [0.717, 1.165) is 5.56 Å². The van der Waals surface area contributed by atoms with Crippen molar-refractivity contribution in [3.8, 4) is 0 Å². The molecule has 1 rings (SSSR count). The molecule has 0 spiro atoms. The maximum absolute atomic E-state index is 5.86. The van der Waals surface area contributed by atoms with E-state index in [9.17, 15) is 0 Å². The minimum absolute atomic E-state index is 0.108. The molecule has 0 aliphatic rings. The minimum Gasteiger partial charge on any atom is -0.329 e. The Balaban J connectivity index is 2.99. The number of hydrogen-bond acceptors (Lipinski definition) is 2. The van der Waals surface area contributed by atoms with E-state index in [4.69, 9.17) is 28.9 Å². The van der Waals surface area contributed by atoms with E-state index in [-0.39, 0.29) is 6.04 Å². The maximum Gasteiger partial charge on any atom is 0.0443 e. The summed E-state index contributed by atoms with van der Waals surface area (Å²) in [5.41, 5.74) is 6.58. The molecule has 0 fully saturated rings. The summed E-state index contributed by atoms with van der Waals surface area (Å²) in [5, 5.41) is 4.35. The van der Waals surface area contributed by atoms with Gasteiger partial charge in [0.25, 0.3) is 0 Å². The van der Waals surface area contributed by atoms with Crippen molar-refractivity contribution in [1.29, 1.82) is 0 Å². The third-order valence-electron chi connectivity index (χ3n) is 1.87. The smallest absolute Gasteiger partial charge is 0.0443 e. The van der Waals surface area contributed by atoms with Crippen LogP contribution in [-0.4, -0.2) is 13.6 Å². The quantitative estimate of drug-likeness (QED) is 0.817. The van der Waals surface area contributed by atoms with Crippen LogP contribution in [0.4, 0.5) is 0 Å². The lowest BCUT2D eigenvalue weighted by molar-refractivity contribution is 0.606. The first-order chi connectivity index (χ1) is 6.17. The van der Waals surface area contributed by atoms with Crippen molar-refractivity contribution in [2.24, 2.45) is 5.73 Å². The Kier molecular flexibility index (Phi) is 4.00. The first kappa shape index (κ1) is 10.8. The van der Waals surface area contributed by atoms with Gasteiger partial charge in [0.2, 0.25) is 0 Å². The van der Waals surface area contributed by atoms with E-state index in [1.807, 2.05) is 19.2 Å². The standard InChI is InChI=1S/C9H12Cl2N2/c1-13-9(5-12)6-2-7(10)4-8(11)3-6/h2-4,9,13H,5,12H2,1H3/t9-/m1/s1. The van der Waals surface area contributed by atoms with Gasteiger partial charge < -0.3 is 11.1 Å². The maximum atomic E-state index is 5.86. The molecule has 13 heavy (non-hydrogen) atoms. The van der Waals surface area contributed by atoms with Crippen molar-refractivity contribution in [2.45, 2.75) is 6.04 Å². The number of rotatable bonds is 3. The van der Waals surface area contributed by atoms with E-state index in [1.165, 1.54) is 0 Å². The average Bonchev–Trinajstić information content (AvgIpc) is 2.04. The Labute approximate surface area is 88.0 Å². The van der Waals surface area contributed by atoms with Crippen molar-refractivity contribution >= 4 is 23.2 Å². The predicted molar refractivity (Wildman–Crippen MR) is 57.3 cm³/mol. The number of nitrogens with two attached hydrogens (primary N) is 1. The van der Waals surface area contributed by atoms with Gasteiger partial charge >= 0.3 is 0 Å². The second-order valence-corrected chi connectivity index (χ2v) is 3.65. The Morgan fingerprint density at radius 1 is 1.31 bits per heavy atom. The number of halogens is 2. The summed E-state index contributed by atoms with van der Waals surface area (Å²) in [6, 6.07) is 5.54. The predicted octanol–water partition coefficient (Wildman–Crippen LogP) is 2.21. The fraction of sp³-hybridized carbons (Fsp3) is 0.333. The van der Waals surface area contributed by atoms with Gasteiger partial charge in [-0.2, -0.15) is 0 Å². The zero-order valence-electron chi connectivity index (χ0n) is 7.35. The fourth-order valence-corrected chi connectivity index (χ4v) is 1.74. The van der Waals surface area contributed by atoms with E-state index in [1.54, 1.807) is 6.07 Å². The molecule has 0 unspecified atom stereocenters. The van der Waals surface area contributed by atoms with Crippen LogP contribution in [0.15, 0.2) is 18.2 Å². The summed E-state index contributed by atoms with van der Waals surface area (Å²) >= 11 is 11.7. The van der Waals surface area contributed by atoms with Gasteiger partial charge in [0, 0.05) is 22.6 Å². The SMILES string of the molecule is CN[C@H](CN)c1cc(Cl)cc(Cl)c1. The van der Waals surface area contributed by atoms with Crippen LogP contribution in [-0.2, 0) is 0 Å². The molecule has 1 aromatic rings. The molecular formula is C9H12Cl2N2. The largest absolute Gasteiger partial charge is 0.329 e. The Morgan fingerprint density at radius 3 is 2.23 bits per heavy atom. The van der Waals surface area contributed by atoms with Crippen molar-refractivity contribution in [3.05, 3.63) is 33.8 Å². The molecule has 0 aliphatic carbocycles. The van der Waals surface area contributed by atoms with E-state index in [0.29, 0.717) is 16.6 Å². The summed E-state index contributed by atoms with van der Waals surface area (Å²) in [6.07, 6.45) is 0. The van der Waals surface area contributed by atoms with Gasteiger partial charge in [-0.3, -0.25) is 0 Å². The zero-order valence-corrected chi connectivity index (χ0v) is 8.86. The molecule has 0 amide bonds. The minimum atomic E-state index is 0.108. The third-order valence-corrected chi connectivity index (χ3v) is 2.31. The fourth-order valence-electron chi connectivity index (χ4n) is 1.20. The number of hydrogen-bond donors (Lipinski definition) is 2. The highest BCUT2D eigenvalue weighted by atomic mass is 35.5. The van der Waals surface area contributed by atoms with Crippen LogP contribution < -0.4 is 11.1 Å². The molecule has 1 aromatic carbocycles. The van der Waals surface area contributed by atoms with Crippen molar-refractivity contribution in [1.82, 2.24) is 5.32 Å². The number of benzene rings is 1. The van der Waals surface area contributed by atoms with Crippen LogP contribution in [0.25, 0.3) is 0 Å². The number of nitrogens with one attached hydrogen (secondary N) is 1. The highest BCUT2D eigenvalue weighted by Gasteiger charge is 2.07. The van der Waals surface area contributed by atoms with Crippen LogP contribution in [0, 0.1) is 0 Å². The van der Waals surface area contributed by atoms with Gasteiger partial charge in [-0.15, -0.1) is 0 Å². The lowest BCUT2D eigenvalue weighted by atomic mass is 10.1. The van der Waals surface area contributed by atoms with Crippen LogP contribution in [0.2, 0.25) is 10.0 Å². The molecule has 1 atom stereocenters. The molecule has 0 heterocycles. The molecule has 0 bridgehead atoms. The molecular weight excluding hydrogens is 207 g/mol. The molecule has 3 N–H and O–H groups in total. The first-order valence-electron chi connectivity index (χ1n) is 4.00. The van der Waals surface area contributed by atoms with Crippen LogP contribution in [0.3, 0.4) is 0 Å². The second-order valence-electron chi connectivity index (χ2n) is 2.78. The normalized spacial score (nSPS) is 12.9. The zero-order chi connectivity index (χ0) is 9.84. The summed E-state index contributed by atoms with van der Waals surface area (Å²) in [7, 11) is 1.85. The molecule has 0 saturated heterocycles. The number of likely N-dealkylation sites (N-methyl/N-ethyl adjacent to an activating group) is 1. The lowest BCUT2D eigenvalue weighted by Crippen LogP contribution is -2.24. The van der Waals surface area contributed by atoms with Crippen LogP contribution in [0.1, 0.15) is 11.6 Å². The molecule has 72 valence electrons. The Bertz CT molecular complexity index is 265. The summed E-state index contributed by atoms with van der Waals surface area (Å²) in [4.78, 5) is 0. The van der Waals surface area contributed by atoms with Gasteiger partial charge in [0.15, 0.2) is 0 Å². The summed E-state index contributed by atoms with van der Waals surface area (Å²) < 4.78 is 0. The lowest BCUT2D eigenvalue weighted by Gasteiger charge is -2.14. The molecule has 2 nitrogen and oxygen atoms in total. The topological polar surface area (TPSA) is 38.0 Å². The summed E-state index contributed by atoms with van der Waals surface area (Å²) in [6.45, 7) is 0.521. The third kappa shape index (κ3) is 2.85. The first-order valence-corrected chi connectivity index (χ1v) is 4.76. The van der Waals surface area contributed by atoms with Crippen molar-refractivity contribution in [3.63, 3.8) is 0 Å². The second kappa shape index (κ2) is 4.82. The molecule has 4 heteroatoms. The average molecular weight is 219 g/mol. The van der Waals surface area contributed by atoms with Gasteiger partial charge in [-0.25, -0.2) is 0 Å².